The molecule has 1 rings (SSSR count). The normalized spacial score (nSPS) is 14.1. The van der Waals surface area contributed by atoms with E-state index in [2.05, 4.69) is 49.4 Å². The van der Waals surface area contributed by atoms with Gasteiger partial charge in [-0.1, -0.05) is 20.3 Å². The fourth-order valence-corrected chi connectivity index (χ4v) is 1.82. The molecule has 4 heteroatoms. The third-order valence-electron chi connectivity index (χ3n) is 2.84. The summed E-state index contributed by atoms with van der Waals surface area (Å²) in [6.07, 6.45) is 2.05. The van der Waals surface area contributed by atoms with E-state index >= 15 is 0 Å². The van der Waals surface area contributed by atoms with Gasteiger partial charge < -0.3 is 9.67 Å². The van der Waals surface area contributed by atoms with Crippen LogP contribution in [0.1, 0.15) is 52.7 Å². The van der Waals surface area contributed by atoms with Crippen molar-refractivity contribution in [3.8, 4) is 0 Å². The van der Waals surface area contributed by atoms with E-state index in [0.29, 0.717) is 11.7 Å². The van der Waals surface area contributed by atoms with Gasteiger partial charge in [0, 0.05) is 12.0 Å². The molecule has 92 valence electrons. The molecule has 1 unspecified atom stereocenters. The molecular weight excluding hydrogens is 202 g/mol. The Morgan fingerprint density at radius 3 is 2.25 bits per heavy atom. The molecule has 0 spiro atoms. The van der Waals surface area contributed by atoms with Gasteiger partial charge in [0.25, 0.3) is 0 Å². The highest BCUT2D eigenvalue weighted by Crippen LogP contribution is 2.21. The molecular formula is C12H23N3O. The summed E-state index contributed by atoms with van der Waals surface area (Å²) in [5.74, 6) is 2.23. The summed E-state index contributed by atoms with van der Waals surface area (Å²) >= 11 is 0. The van der Waals surface area contributed by atoms with Crippen molar-refractivity contribution in [3.63, 3.8) is 0 Å². The maximum atomic E-state index is 9.26. The van der Waals surface area contributed by atoms with Gasteiger partial charge in [0.15, 0.2) is 5.82 Å². The summed E-state index contributed by atoms with van der Waals surface area (Å²) in [5, 5.41) is 17.5. The number of hydrogen-bond donors (Lipinski definition) is 1. The zero-order valence-electron chi connectivity index (χ0n) is 11.0. The number of aromatic nitrogens is 3. The number of aliphatic hydroxyl groups is 1. The van der Waals surface area contributed by atoms with Gasteiger partial charge in [0.1, 0.15) is 12.4 Å². The molecule has 0 aliphatic rings. The number of hydrogen-bond acceptors (Lipinski definition) is 3. The van der Waals surface area contributed by atoms with Crippen molar-refractivity contribution < 1.29 is 5.11 Å². The minimum absolute atomic E-state index is 0.0508. The van der Waals surface area contributed by atoms with E-state index < -0.39 is 0 Å². The smallest absolute Gasteiger partial charge is 0.159 e. The zero-order chi connectivity index (χ0) is 12.3. The molecule has 0 amide bonds. The lowest BCUT2D eigenvalue weighted by atomic mass is 10.0. The summed E-state index contributed by atoms with van der Waals surface area (Å²) < 4.78 is 2.05. The van der Waals surface area contributed by atoms with Crippen LogP contribution in [0.4, 0.5) is 0 Å². The van der Waals surface area contributed by atoms with E-state index in [1.54, 1.807) is 0 Å². The zero-order valence-corrected chi connectivity index (χ0v) is 11.0. The largest absolute Gasteiger partial charge is 0.388 e. The molecule has 0 saturated heterocycles. The molecule has 4 nitrogen and oxygen atoms in total. The van der Waals surface area contributed by atoms with Gasteiger partial charge >= 0.3 is 0 Å². The monoisotopic (exact) mass is 225 g/mol. The Morgan fingerprint density at radius 1 is 1.25 bits per heavy atom. The Hall–Kier alpha value is -0.900. The minimum Gasteiger partial charge on any atom is -0.388 e. The Kier molecular flexibility index (Phi) is 4.08. The van der Waals surface area contributed by atoms with E-state index in [0.717, 1.165) is 18.7 Å². The van der Waals surface area contributed by atoms with Gasteiger partial charge in [0.2, 0.25) is 0 Å². The molecule has 0 aliphatic carbocycles. The number of aliphatic hydroxyl groups excluding tert-OH is 1. The Morgan fingerprint density at radius 2 is 1.81 bits per heavy atom. The average molecular weight is 225 g/mol. The molecule has 0 aromatic carbocycles. The van der Waals surface area contributed by atoms with Crippen molar-refractivity contribution in [3.05, 3.63) is 11.6 Å². The average Bonchev–Trinajstić information content (AvgIpc) is 2.60. The first-order chi connectivity index (χ1) is 7.40. The quantitative estimate of drug-likeness (QED) is 0.854. The van der Waals surface area contributed by atoms with Crippen LogP contribution < -0.4 is 0 Å². The molecule has 0 radical (unpaired) electrons. The van der Waals surface area contributed by atoms with Crippen molar-refractivity contribution in [1.29, 1.82) is 0 Å². The highest BCUT2D eigenvalue weighted by molar-refractivity contribution is 5.01. The third-order valence-corrected chi connectivity index (χ3v) is 2.84. The second-order valence-electron chi connectivity index (χ2n) is 5.41. The van der Waals surface area contributed by atoms with Crippen molar-refractivity contribution in [1.82, 2.24) is 14.8 Å². The van der Waals surface area contributed by atoms with Gasteiger partial charge in [-0.15, -0.1) is 10.2 Å². The van der Waals surface area contributed by atoms with Gasteiger partial charge in [-0.3, -0.25) is 0 Å². The summed E-state index contributed by atoms with van der Waals surface area (Å²) in [4.78, 5) is 0. The van der Waals surface area contributed by atoms with Crippen molar-refractivity contribution in [2.75, 3.05) is 0 Å². The maximum Gasteiger partial charge on any atom is 0.159 e. The fraction of sp³-hybridized carbons (Fsp3) is 0.833. The predicted octanol–water partition coefficient (Wildman–Crippen LogP) is 2.11. The van der Waals surface area contributed by atoms with Crippen LogP contribution in [0.3, 0.4) is 0 Å². The lowest BCUT2D eigenvalue weighted by Crippen LogP contribution is -2.27. The van der Waals surface area contributed by atoms with E-state index in [1.807, 2.05) is 0 Å². The second kappa shape index (κ2) is 4.95. The van der Waals surface area contributed by atoms with Gasteiger partial charge in [-0.05, 0) is 26.7 Å². The first kappa shape index (κ1) is 13.2. The lowest BCUT2D eigenvalue weighted by Gasteiger charge is -2.25. The first-order valence-corrected chi connectivity index (χ1v) is 5.94. The molecule has 0 aliphatic heterocycles. The highest BCUT2D eigenvalue weighted by Gasteiger charge is 2.23. The van der Waals surface area contributed by atoms with Crippen molar-refractivity contribution in [2.45, 2.75) is 59.6 Å². The molecule has 1 aromatic heterocycles. The Balaban J connectivity index is 3.05. The molecule has 1 aromatic rings. The predicted molar refractivity (Wildman–Crippen MR) is 64.1 cm³/mol. The minimum atomic E-state index is -0.0790. The summed E-state index contributed by atoms with van der Waals surface area (Å²) in [6.45, 7) is 10.7. The van der Waals surface area contributed by atoms with Crippen LogP contribution in [-0.2, 0) is 18.6 Å². The number of rotatable bonds is 4. The molecule has 1 atom stereocenters. The highest BCUT2D eigenvalue weighted by atomic mass is 16.3. The topological polar surface area (TPSA) is 50.9 Å². The Labute approximate surface area is 97.7 Å². The van der Waals surface area contributed by atoms with Crippen LogP contribution >= 0.6 is 0 Å². The Bertz CT molecular complexity index is 339. The van der Waals surface area contributed by atoms with Crippen LogP contribution in [0, 0.1) is 5.92 Å². The third kappa shape index (κ3) is 2.82. The molecule has 0 bridgehead atoms. The van der Waals surface area contributed by atoms with Crippen molar-refractivity contribution >= 4 is 0 Å². The molecule has 0 fully saturated rings. The maximum absolute atomic E-state index is 9.26. The van der Waals surface area contributed by atoms with E-state index in [1.165, 1.54) is 0 Å². The summed E-state index contributed by atoms with van der Waals surface area (Å²) in [7, 11) is 0. The van der Waals surface area contributed by atoms with Gasteiger partial charge in [-0.25, -0.2) is 0 Å². The van der Waals surface area contributed by atoms with Gasteiger partial charge in [0.05, 0.1) is 0 Å². The van der Waals surface area contributed by atoms with Crippen LogP contribution in [0.25, 0.3) is 0 Å². The van der Waals surface area contributed by atoms with E-state index in [9.17, 15) is 5.11 Å². The SMILES string of the molecule is CCC(C)Cc1nnc(CO)n1C(C)(C)C. The van der Waals surface area contributed by atoms with Gasteiger partial charge in [-0.2, -0.15) is 0 Å². The summed E-state index contributed by atoms with van der Waals surface area (Å²) in [6, 6.07) is 0. The van der Waals surface area contributed by atoms with Crippen LogP contribution in [0.2, 0.25) is 0 Å². The molecule has 16 heavy (non-hydrogen) atoms. The first-order valence-electron chi connectivity index (χ1n) is 5.94. The van der Waals surface area contributed by atoms with Crippen LogP contribution in [-0.4, -0.2) is 19.9 Å². The van der Waals surface area contributed by atoms with E-state index in [-0.39, 0.29) is 12.1 Å². The standard InChI is InChI=1S/C12H23N3O/c1-6-9(2)7-10-13-14-11(8-16)15(10)12(3,4)5/h9,16H,6-8H2,1-5H3. The molecule has 0 saturated carbocycles. The van der Waals surface area contributed by atoms with Crippen LogP contribution in [0.5, 0.6) is 0 Å². The lowest BCUT2D eigenvalue weighted by molar-refractivity contribution is 0.247. The number of nitrogens with zero attached hydrogens (tertiary/aromatic N) is 3. The second-order valence-corrected chi connectivity index (χ2v) is 5.41. The fourth-order valence-electron chi connectivity index (χ4n) is 1.82. The van der Waals surface area contributed by atoms with Crippen LogP contribution in [0.15, 0.2) is 0 Å². The molecule has 1 heterocycles. The van der Waals surface area contributed by atoms with Crippen molar-refractivity contribution in [2.24, 2.45) is 5.92 Å². The molecule has 1 N–H and O–H groups in total. The summed E-state index contributed by atoms with van der Waals surface area (Å²) in [5.41, 5.74) is -0.0790. The van der Waals surface area contributed by atoms with E-state index in [4.69, 9.17) is 0 Å².